The lowest BCUT2D eigenvalue weighted by Gasteiger charge is -2.26. The number of nitrogens with one attached hydrogen (secondary N) is 3. The fourth-order valence-corrected chi connectivity index (χ4v) is 3.18. The van der Waals surface area contributed by atoms with E-state index >= 15 is 0 Å². The molecule has 10 N–H and O–H groups in total. The van der Waals surface area contributed by atoms with Gasteiger partial charge in [0.15, 0.2) is 0 Å². The third-order valence-electron chi connectivity index (χ3n) is 4.82. The first-order valence-corrected chi connectivity index (χ1v) is 11.7. The van der Waals surface area contributed by atoms with E-state index in [1.807, 2.05) is 0 Å². The van der Waals surface area contributed by atoms with Crippen LogP contribution in [-0.4, -0.2) is 76.8 Å². The topological polar surface area (TPSA) is 237 Å². The molecule has 0 bridgehead atoms. The summed E-state index contributed by atoms with van der Waals surface area (Å²) in [5.74, 6) is -5.45. The summed E-state index contributed by atoms with van der Waals surface area (Å²) in [7, 11) is 0. The molecule has 0 spiro atoms. The summed E-state index contributed by atoms with van der Waals surface area (Å²) in [6.45, 7) is 3.38. The molecule has 0 aromatic carbocycles. The number of carbonyl (C=O) groups is 6. The molecule has 0 fully saturated rings. The Bertz CT molecular complexity index is 735. The normalized spacial score (nSPS) is 15.3. The van der Waals surface area contributed by atoms with Gasteiger partial charge in [-0.25, -0.2) is 4.79 Å². The molecule has 0 aromatic heterocycles. The Morgan fingerprint density at radius 2 is 1.39 bits per heavy atom. The second-order valence-electron chi connectivity index (χ2n) is 7.56. The van der Waals surface area contributed by atoms with E-state index in [0.717, 1.165) is 0 Å². The van der Waals surface area contributed by atoms with Crippen LogP contribution in [0.5, 0.6) is 0 Å². The Labute approximate surface area is 196 Å². The first kappa shape index (κ1) is 30.1. The molecular weight excluding hydrogens is 456 g/mol. The molecular formula is C19H34N6O7S. The number of primary amides is 2. The van der Waals surface area contributed by atoms with Gasteiger partial charge in [0.25, 0.3) is 0 Å². The van der Waals surface area contributed by atoms with Crippen LogP contribution in [0.1, 0.15) is 39.5 Å². The van der Waals surface area contributed by atoms with E-state index in [1.165, 1.54) is 11.8 Å². The summed E-state index contributed by atoms with van der Waals surface area (Å²) in [6.07, 6.45) is 1.37. The Balaban J connectivity index is 5.54. The molecule has 188 valence electrons. The van der Waals surface area contributed by atoms with E-state index in [-0.39, 0.29) is 6.42 Å². The van der Waals surface area contributed by atoms with E-state index in [9.17, 15) is 33.9 Å². The van der Waals surface area contributed by atoms with Crippen LogP contribution in [0, 0.1) is 5.92 Å². The quantitative estimate of drug-likeness (QED) is 0.120. The number of rotatable bonds is 16. The van der Waals surface area contributed by atoms with Crippen LogP contribution in [0.3, 0.4) is 0 Å². The van der Waals surface area contributed by atoms with Crippen molar-refractivity contribution in [3.8, 4) is 0 Å². The molecule has 14 heteroatoms. The molecule has 0 saturated heterocycles. The van der Waals surface area contributed by atoms with Crippen molar-refractivity contribution < 1.29 is 33.9 Å². The molecule has 0 radical (unpaired) electrons. The van der Waals surface area contributed by atoms with E-state index in [1.54, 1.807) is 20.1 Å². The summed E-state index contributed by atoms with van der Waals surface area (Å²) in [5, 5.41) is 16.4. The molecule has 0 aliphatic heterocycles. The molecule has 0 rings (SSSR count). The smallest absolute Gasteiger partial charge is 0.326 e. The van der Waals surface area contributed by atoms with Gasteiger partial charge >= 0.3 is 5.97 Å². The van der Waals surface area contributed by atoms with Crippen LogP contribution in [0.2, 0.25) is 0 Å². The standard InChI is InChI=1S/C19H34N6O7S/c1-4-9(2)15(19(31)32)25-18(30)12(8-14(22)27)24-17(29)11(5-6-33-3)23-16(28)10(20)7-13(21)26/h9-12,15H,4-8,20H2,1-3H3,(H2,21,26)(H2,22,27)(H,23,28)(H,24,29)(H,25,30)(H,31,32). The van der Waals surface area contributed by atoms with Crippen LogP contribution < -0.4 is 33.2 Å². The van der Waals surface area contributed by atoms with Crippen LogP contribution in [-0.2, 0) is 28.8 Å². The largest absolute Gasteiger partial charge is 0.480 e. The van der Waals surface area contributed by atoms with Gasteiger partial charge in [0.1, 0.15) is 18.1 Å². The highest BCUT2D eigenvalue weighted by Crippen LogP contribution is 2.09. The molecule has 0 aromatic rings. The van der Waals surface area contributed by atoms with Crippen molar-refractivity contribution >= 4 is 47.3 Å². The number of hydrogen-bond donors (Lipinski definition) is 7. The van der Waals surface area contributed by atoms with Gasteiger partial charge in [0.2, 0.25) is 29.5 Å². The van der Waals surface area contributed by atoms with Crippen molar-refractivity contribution in [1.82, 2.24) is 16.0 Å². The van der Waals surface area contributed by atoms with Crippen LogP contribution in [0.15, 0.2) is 0 Å². The average molecular weight is 491 g/mol. The highest BCUT2D eigenvalue weighted by atomic mass is 32.2. The number of hydrogen-bond acceptors (Lipinski definition) is 8. The monoisotopic (exact) mass is 490 g/mol. The lowest BCUT2D eigenvalue weighted by Crippen LogP contribution is -2.58. The zero-order valence-electron chi connectivity index (χ0n) is 19.0. The summed E-state index contributed by atoms with van der Waals surface area (Å²) in [4.78, 5) is 71.7. The minimum absolute atomic E-state index is 0.150. The van der Waals surface area contributed by atoms with Gasteiger partial charge in [0, 0.05) is 0 Å². The fourth-order valence-electron chi connectivity index (χ4n) is 2.71. The maximum atomic E-state index is 12.8. The predicted molar refractivity (Wildman–Crippen MR) is 121 cm³/mol. The van der Waals surface area contributed by atoms with Gasteiger partial charge in [0.05, 0.1) is 18.9 Å². The highest BCUT2D eigenvalue weighted by molar-refractivity contribution is 7.98. The van der Waals surface area contributed by atoms with E-state index < -0.39 is 78.4 Å². The summed E-state index contributed by atoms with van der Waals surface area (Å²) < 4.78 is 0. The lowest BCUT2D eigenvalue weighted by atomic mass is 9.98. The zero-order chi connectivity index (χ0) is 25.7. The van der Waals surface area contributed by atoms with Crippen molar-refractivity contribution in [2.45, 2.75) is 63.7 Å². The first-order chi connectivity index (χ1) is 15.3. The molecule has 0 aliphatic carbocycles. The minimum Gasteiger partial charge on any atom is -0.480 e. The number of aliphatic carboxylic acids is 1. The SMILES string of the molecule is CCC(C)C(NC(=O)C(CC(N)=O)NC(=O)C(CCSC)NC(=O)C(N)CC(N)=O)C(=O)O. The molecule has 33 heavy (non-hydrogen) atoms. The van der Waals surface area contributed by atoms with Gasteiger partial charge in [-0.3, -0.25) is 24.0 Å². The second-order valence-corrected chi connectivity index (χ2v) is 8.55. The number of thioether (sulfide) groups is 1. The third-order valence-corrected chi connectivity index (χ3v) is 5.46. The lowest BCUT2D eigenvalue weighted by molar-refractivity contribution is -0.144. The number of nitrogens with two attached hydrogens (primary N) is 3. The summed E-state index contributed by atoms with van der Waals surface area (Å²) in [6, 6.07) is -5.12. The Kier molecular flexibility index (Phi) is 13.7. The summed E-state index contributed by atoms with van der Waals surface area (Å²) in [5.41, 5.74) is 15.8. The van der Waals surface area contributed by atoms with Gasteiger partial charge in [-0.15, -0.1) is 0 Å². The fraction of sp³-hybridized carbons (Fsp3) is 0.684. The Morgan fingerprint density at radius 3 is 1.85 bits per heavy atom. The second kappa shape index (κ2) is 15.1. The third kappa shape index (κ3) is 11.5. The number of carbonyl (C=O) groups excluding carboxylic acids is 5. The number of carboxylic acids is 1. The van der Waals surface area contributed by atoms with Gasteiger partial charge < -0.3 is 38.3 Å². The van der Waals surface area contributed by atoms with Crippen LogP contribution >= 0.6 is 11.8 Å². The molecule has 0 aliphatic rings. The molecule has 5 atom stereocenters. The van der Waals surface area contributed by atoms with Gasteiger partial charge in [-0.05, 0) is 24.3 Å². The summed E-state index contributed by atoms with van der Waals surface area (Å²) >= 11 is 1.39. The van der Waals surface area contributed by atoms with Gasteiger partial charge in [-0.2, -0.15) is 11.8 Å². The first-order valence-electron chi connectivity index (χ1n) is 10.3. The highest BCUT2D eigenvalue weighted by Gasteiger charge is 2.32. The van der Waals surface area contributed by atoms with E-state index in [4.69, 9.17) is 17.2 Å². The van der Waals surface area contributed by atoms with Crippen molar-refractivity contribution in [3.63, 3.8) is 0 Å². The van der Waals surface area contributed by atoms with Crippen LogP contribution in [0.4, 0.5) is 0 Å². The predicted octanol–water partition coefficient (Wildman–Crippen LogP) is -2.60. The molecule has 0 heterocycles. The Morgan fingerprint density at radius 1 is 0.879 bits per heavy atom. The van der Waals surface area contributed by atoms with Gasteiger partial charge in [-0.1, -0.05) is 20.3 Å². The average Bonchev–Trinajstić information content (AvgIpc) is 2.72. The van der Waals surface area contributed by atoms with Crippen molar-refractivity contribution in [2.75, 3.05) is 12.0 Å². The zero-order valence-corrected chi connectivity index (χ0v) is 19.8. The number of carboxylic acid groups (broad SMARTS) is 1. The molecule has 5 unspecified atom stereocenters. The molecule has 5 amide bonds. The minimum atomic E-state index is -1.46. The van der Waals surface area contributed by atoms with E-state index in [2.05, 4.69) is 16.0 Å². The maximum Gasteiger partial charge on any atom is 0.326 e. The van der Waals surface area contributed by atoms with Crippen molar-refractivity contribution in [1.29, 1.82) is 0 Å². The van der Waals surface area contributed by atoms with Crippen molar-refractivity contribution in [3.05, 3.63) is 0 Å². The molecule has 0 saturated carbocycles. The molecule has 13 nitrogen and oxygen atoms in total. The Hall–Kier alpha value is -2.87. The maximum absolute atomic E-state index is 12.8. The van der Waals surface area contributed by atoms with Crippen LogP contribution in [0.25, 0.3) is 0 Å². The number of amides is 5. The van der Waals surface area contributed by atoms with E-state index in [0.29, 0.717) is 12.2 Å². The van der Waals surface area contributed by atoms with Crippen molar-refractivity contribution in [2.24, 2.45) is 23.1 Å².